The molecule has 1 atom stereocenters. The lowest BCUT2D eigenvalue weighted by Crippen LogP contribution is -2.21. The molecule has 2 rings (SSSR count). The molecule has 0 saturated carbocycles. The zero-order valence-electron chi connectivity index (χ0n) is 11.3. The highest BCUT2D eigenvalue weighted by Gasteiger charge is 2.09. The van der Waals surface area contributed by atoms with Gasteiger partial charge >= 0.3 is 0 Å². The van der Waals surface area contributed by atoms with Gasteiger partial charge in [-0.3, -0.25) is 4.79 Å². The van der Waals surface area contributed by atoms with Crippen molar-refractivity contribution in [1.82, 2.24) is 4.57 Å². The summed E-state index contributed by atoms with van der Waals surface area (Å²) in [7, 11) is 0. The van der Waals surface area contributed by atoms with E-state index in [-0.39, 0.29) is 17.4 Å². The molecule has 0 aliphatic carbocycles. The van der Waals surface area contributed by atoms with E-state index in [0.29, 0.717) is 24.5 Å². The molecule has 20 heavy (non-hydrogen) atoms. The van der Waals surface area contributed by atoms with Crippen LogP contribution in [0.5, 0.6) is 5.75 Å². The van der Waals surface area contributed by atoms with Crippen molar-refractivity contribution in [2.24, 2.45) is 5.73 Å². The van der Waals surface area contributed by atoms with Gasteiger partial charge in [0.1, 0.15) is 18.2 Å². The van der Waals surface area contributed by atoms with Crippen LogP contribution in [0.25, 0.3) is 0 Å². The molecular formula is C15H17FN2O2. The van der Waals surface area contributed by atoms with Crippen LogP contribution in [0.4, 0.5) is 4.39 Å². The van der Waals surface area contributed by atoms with Gasteiger partial charge in [-0.15, -0.1) is 0 Å². The first-order valence-electron chi connectivity index (χ1n) is 6.41. The largest absolute Gasteiger partial charge is 0.491 e. The number of rotatable bonds is 5. The van der Waals surface area contributed by atoms with Crippen molar-refractivity contribution >= 4 is 0 Å². The molecule has 106 valence electrons. The average Bonchev–Trinajstić information content (AvgIpc) is 2.42. The van der Waals surface area contributed by atoms with Crippen molar-refractivity contribution in [3.63, 3.8) is 0 Å². The molecule has 1 aromatic heterocycles. The standard InChI is InChI=1S/C15H17FN2O2/c1-11(17)13-10-12(16)5-6-14(13)20-9-8-18-7-3-2-4-15(18)19/h2-7,10-11H,8-9,17H2,1H3/t11-/m0/s1. The number of hydrogen-bond acceptors (Lipinski definition) is 3. The highest BCUT2D eigenvalue weighted by molar-refractivity contribution is 5.36. The summed E-state index contributed by atoms with van der Waals surface area (Å²) in [6.45, 7) is 2.51. The minimum absolute atomic E-state index is 0.0809. The molecule has 1 heterocycles. The Hall–Kier alpha value is -2.14. The Morgan fingerprint density at radius 2 is 2.15 bits per heavy atom. The number of benzene rings is 1. The maximum Gasteiger partial charge on any atom is 0.250 e. The van der Waals surface area contributed by atoms with E-state index in [9.17, 15) is 9.18 Å². The SMILES string of the molecule is C[C@H](N)c1cc(F)ccc1OCCn1ccccc1=O. The topological polar surface area (TPSA) is 57.2 Å². The van der Waals surface area contributed by atoms with Gasteiger partial charge in [-0.1, -0.05) is 6.07 Å². The Balaban J connectivity index is 2.05. The van der Waals surface area contributed by atoms with Crippen LogP contribution in [0.3, 0.4) is 0 Å². The molecule has 0 saturated heterocycles. The van der Waals surface area contributed by atoms with E-state index in [2.05, 4.69) is 0 Å². The van der Waals surface area contributed by atoms with Gasteiger partial charge < -0.3 is 15.0 Å². The summed E-state index contributed by atoms with van der Waals surface area (Å²) >= 11 is 0. The third-order valence-corrected chi connectivity index (χ3v) is 2.95. The second-order valence-corrected chi connectivity index (χ2v) is 4.55. The summed E-state index contributed by atoms with van der Waals surface area (Å²) in [5.74, 6) is 0.203. The molecule has 4 nitrogen and oxygen atoms in total. The van der Waals surface area contributed by atoms with Crippen LogP contribution >= 0.6 is 0 Å². The van der Waals surface area contributed by atoms with Crippen molar-refractivity contribution < 1.29 is 9.13 Å². The van der Waals surface area contributed by atoms with E-state index in [4.69, 9.17) is 10.5 Å². The lowest BCUT2D eigenvalue weighted by Gasteiger charge is -2.14. The zero-order chi connectivity index (χ0) is 14.5. The predicted octanol–water partition coefficient (Wildman–Crippen LogP) is 2.09. The second kappa shape index (κ2) is 6.34. The Morgan fingerprint density at radius 3 is 2.85 bits per heavy atom. The van der Waals surface area contributed by atoms with Crippen LogP contribution < -0.4 is 16.0 Å². The molecule has 2 aromatic rings. The van der Waals surface area contributed by atoms with Gasteiger partial charge in [0, 0.05) is 23.9 Å². The molecule has 0 bridgehead atoms. The summed E-state index contributed by atoms with van der Waals surface area (Å²) in [6.07, 6.45) is 1.70. The highest BCUT2D eigenvalue weighted by atomic mass is 19.1. The maximum atomic E-state index is 13.2. The van der Waals surface area contributed by atoms with Gasteiger partial charge in [0.2, 0.25) is 0 Å². The fraction of sp³-hybridized carbons (Fsp3) is 0.267. The Morgan fingerprint density at radius 1 is 1.35 bits per heavy atom. The van der Waals surface area contributed by atoms with Crippen LogP contribution in [0, 0.1) is 5.82 Å². The van der Waals surface area contributed by atoms with Crippen molar-refractivity contribution in [1.29, 1.82) is 0 Å². The van der Waals surface area contributed by atoms with E-state index < -0.39 is 0 Å². The van der Waals surface area contributed by atoms with Crippen LogP contribution in [-0.4, -0.2) is 11.2 Å². The zero-order valence-corrected chi connectivity index (χ0v) is 11.3. The number of hydrogen-bond donors (Lipinski definition) is 1. The van der Waals surface area contributed by atoms with Crippen LogP contribution in [0.15, 0.2) is 47.4 Å². The van der Waals surface area contributed by atoms with E-state index in [1.807, 2.05) is 0 Å². The molecule has 1 aromatic carbocycles. The van der Waals surface area contributed by atoms with Crippen molar-refractivity contribution in [2.75, 3.05) is 6.61 Å². The number of nitrogens with two attached hydrogens (primary N) is 1. The number of pyridine rings is 1. The second-order valence-electron chi connectivity index (χ2n) is 4.55. The summed E-state index contributed by atoms with van der Waals surface area (Å²) < 4.78 is 20.3. The number of aromatic nitrogens is 1. The number of halogens is 1. The third-order valence-electron chi connectivity index (χ3n) is 2.95. The quantitative estimate of drug-likeness (QED) is 0.909. The van der Waals surface area contributed by atoms with Gasteiger partial charge in [-0.2, -0.15) is 0 Å². The molecule has 0 radical (unpaired) electrons. The Bertz CT molecular complexity index is 638. The molecule has 0 amide bonds. The monoisotopic (exact) mass is 276 g/mol. The minimum atomic E-state index is -0.344. The predicted molar refractivity (Wildman–Crippen MR) is 75.2 cm³/mol. The van der Waals surface area contributed by atoms with Crippen molar-refractivity contribution in [2.45, 2.75) is 19.5 Å². The van der Waals surface area contributed by atoms with Gasteiger partial charge in [0.15, 0.2) is 0 Å². The summed E-state index contributed by atoms with van der Waals surface area (Å²) in [4.78, 5) is 11.5. The Kier molecular flexibility index (Phi) is 4.53. The fourth-order valence-electron chi connectivity index (χ4n) is 1.91. The Labute approximate surface area is 116 Å². The third kappa shape index (κ3) is 3.45. The van der Waals surface area contributed by atoms with Crippen LogP contribution in [-0.2, 0) is 6.54 Å². The first-order chi connectivity index (χ1) is 9.58. The lowest BCUT2D eigenvalue weighted by atomic mass is 10.1. The summed E-state index contributed by atoms with van der Waals surface area (Å²) in [5.41, 5.74) is 6.32. The molecular weight excluding hydrogens is 259 g/mol. The molecule has 0 fully saturated rings. The summed E-state index contributed by atoms with van der Waals surface area (Å²) in [6, 6.07) is 8.90. The van der Waals surface area contributed by atoms with Gasteiger partial charge in [-0.25, -0.2) is 4.39 Å². The maximum absolute atomic E-state index is 13.2. The van der Waals surface area contributed by atoms with E-state index >= 15 is 0 Å². The number of ether oxygens (including phenoxy) is 1. The van der Waals surface area contributed by atoms with E-state index in [0.717, 1.165) is 0 Å². The van der Waals surface area contributed by atoms with Crippen molar-refractivity contribution in [3.8, 4) is 5.75 Å². The smallest absolute Gasteiger partial charge is 0.250 e. The molecule has 2 N–H and O–H groups in total. The lowest BCUT2D eigenvalue weighted by molar-refractivity contribution is 0.292. The molecule has 5 heteroatoms. The van der Waals surface area contributed by atoms with Crippen molar-refractivity contribution in [3.05, 3.63) is 64.3 Å². The highest BCUT2D eigenvalue weighted by Crippen LogP contribution is 2.24. The van der Waals surface area contributed by atoms with Crippen LogP contribution in [0.1, 0.15) is 18.5 Å². The van der Waals surface area contributed by atoms with Crippen LogP contribution in [0.2, 0.25) is 0 Å². The molecule has 0 unspecified atom stereocenters. The fourth-order valence-corrected chi connectivity index (χ4v) is 1.91. The number of nitrogens with zero attached hydrogens (tertiary/aromatic N) is 1. The normalized spacial score (nSPS) is 12.2. The molecule has 0 aliphatic rings. The summed E-state index contributed by atoms with van der Waals surface area (Å²) in [5, 5.41) is 0. The van der Waals surface area contributed by atoms with E-state index in [1.54, 1.807) is 35.9 Å². The van der Waals surface area contributed by atoms with E-state index in [1.165, 1.54) is 18.2 Å². The average molecular weight is 276 g/mol. The van der Waals surface area contributed by atoms with Gasteiger partial charge in [0.25, 0.3) is 5.56 Å². The van der Waals surface area contributed by atoms with Gasteiger partial charge in [0.05, 0.1) is 6.54 Å². The first kappa shape index (κ1) is 14.3. The molecule has 0 aliphatic heterocycles. The van der Waals surface area contributed by atoms with Gasteiger partial charge in [-0.05, 0) is 31.2 Å². The first-order valence-corrected chi connectivity index (χ1v) is 6.41. The molecule has 0 spiro atoms. The minimum Gasteiger partial charge on any atom is -0.491 e.